The minimum Gasteiger partial charge on any atom is -0.292 e. The first-order valence-electron chi connectivity index (χ1n) is 18.2. The maximum Gasteiger partial charge on any atom is 0.145 e. The van der Waals surface area contributed by atoms with Gasteiger partial charge in [-0.05, 0) is 85.3 Å². The van der Waals surface area contributed by atoms with Gasteiger partial charge in [-0.1, -0.05) is 152 Å². The number of imidazole rings is 1. The average Bonchev–Trinajstić information content (AvgIpc) is 3.59. The van der Waals surface area contributed by atoms with Gasteiger partial charge in [0.15, 0.2) is 0 Å². The topological polar surface area (TPSA) is 17.8 Å². The van der Waals surface area contributed by atoms with E-state index < -0.39 is 6.04 Å². The van der Waals surface area contributed by atoms with Gasteiger partial charge in [0.05, 0.1) is 17.9 Å². The number of aromatic nitrogens is 2. The summed E-state index contributed by atoms with van der Waals surface area (Å²) in [6, 6.07) is 50.1. The Morgan fingerprint density at radius 2 is 0.979 bits per heavy atom. The van der Waals surface area contributed by atoms with Crippen LogP contribution in [0.4, 0.5) is 0 Å². The summed E-state index contributed by atoms with van der Waals surface area (Å²) in [6.07, 6.45) is 0. The average molecular weight is 604 g/mol. The highest BCUT2D eigenvalue weighted by Gasteiger charge is 2.18. The van der Waals surface area contributed by atoms with E-state index in [1.165, 1.54) is 0 Å². The summed E-state index contributed by atoms with van der Waals surface area (Å²) in [7, 11) is 0. The fourth-order valence-corrected chi connectivity index (χ4v) is 6.82. The molecule has 1 heterocycles. The Morgan fingerprint density at radius 3 is 1.66 bits per heavy atom. The smallest absolute Gasteiger partial charge is 0.145 e. The van der Waals surface area contributed by atoms with Crippen LogP contribution in [0.3, 0.4) is 0 Å². The van der Waals surface area contributed by atoms with Crippen LogP contribution in [0, 0.1) is 0 Å². The molecule has 0 aliphatic rings. The Kier molecular flexibility index (Phi) is 5.35. The van der Waals surface area contributed by atoms with E-state index in [0.717, 1.165) is 71.9 Å². The van der Waals surface area contributed by atoms with Crippen LogP contribution in [0.2, 0.25) is 0 Å². The van der Waals surface area contributed by atoms with Crippen LogP contribution in [0.5, 0.6) is 0 Å². The second-order valence-corrected chi connectivity index (χ2v) is 11.6. The molecule has 0 atom stereocenters. The van der Waals surface area contributed by atoms with Crippen molar-refractivity contribution in [2.24, 2.45) is 0 Å². The van der Waals surface area contributed by atoms with Gasteiger partial charge in [0.1, 0.15) is 5.82 Å². The van der Waals surface area contributed by atoms with Gasteiger partial charge in [0.25, 0.3) is 0 Å². The third-order valence-electron chi connectivity index (χ3n) is 8.88. The van der Waals surface area contributed by atoms with Gasteiger partial charge in [0.2, 0.25) is 0 Å². The number of hydrogen-bond acceptors (Lipinski definition) is 1. The van der Waals surface area contributed by atoms with Crippen molar-refractivity contribution in [2.45, 2.75) is 0 Å². The van der Waals surface area contributed by atoms with Crippen LogP contribution < -0.4 is 0 Å². The standard InChI is InChI=1S/C45H30N2/c1-3-14-31(15-4-1)34-16-13-17-35(30-34)44-39-22-9-7-20-37(39)43(38-21-8-10-23-40(38)44)32-26-28-33(29-27-32)45-46-41-24-11-12-25-42(41)47(45)36-18-5-2-6-19-36/h1-30H/i1D,3D,4D,14D,15D. The Hall–Kier alpha value is -6.25. The molecule has 0 fully saturated rings. The molecule has 9 rings (SSSR count). The number of para-hydroxylation sites is 3. The van der Waals surface area contributed by atoms with E-state index in [-0.39, 0.29) is 29.7 Å². The predicted octanol–water partition coefficient (Wildman–Crippen LogP) is 12.0. The molecule has 8 aromatic carbocycles. The third-order valence-corrected chi connectivity index (χ3v) is 8.88. The number of rotatable bonds is 5. The lowest BCUT2D eigenvalue weighted by molar-refractivity contribution is 1.10. The molecular formula is C45H30N2. The van der Waals surface area contributed by atoms with Gasteiger partial charge in [0, 0.05) is 11.3 Å². The van der Waals surface area contributed by atoms with Gasteiger partial charge >= 0.3 is 0 Å². The zero-order valence-electron chi connectivity index (χ0n) is 30.3. The molecule has 0 amide bonds. The minimum absolute atomic E-state index is 0.193. The molecule has 2 nitrogen and oxygen atoms in total. The minimum atomic E-state index is -0.398. The van der Waals surface area contributed by atoms with E-state index >= 15 is 0 Å². The van der Waals surface area contributed by atoms with Crippen molar-refractivity contribution in [1.29, 1.82) is 0 Å². The van der Waals surface area contributed by atoms with Crippen LogP contribution in [-0.2, 0) is 0 Å². The lowest BCUT2D eigenvalue weighted by Gasteiger charge is -2.18. The molecular weight excluding hydrogens is 569 g/mol. The van der Waals surface area contributed by atoms with Crippen LogP contribution in [-0.4, -0.2) is 9.55 Å². The Morgan fingerprint density at radius 1 is 0.426 bits per heavy atom. The molecule has 0 aliphatic heterocycles. The monoisotopic (exact) mass is 603 g/mol. The Bertz CT molecular complexity index is 2760. The SMILES string of the molecule is [2H]c1c([2H])c([2H])c(-c2cccc(-c3c4ccccc4c(-c4ccc(-c5nc6ccccc6n5-c5ccccc5)cc4)c4ccccc34)c2)c([2H])c1[2H]. The largest absolute Gasteiger partial charge is 0.292 e. The van der Waals surface area contributed by atoms with E-state index in [0.29, 0.717) is 5.56 Å². The maximum absolute atomic E-state index is 8.61. The molecule has 0 saturated heterocycles. The molecule has 0 saturated carbocycles. The van der Waals surface area contributed by atoms with Crippen molar-refractivity contribution in [3.05, 3.63) is 182 Å². The summed E-state index contributed by atoms with van der Waals surface area (Å²) in [5, 5.41) is 4.30. The molecule has 0 N–H and O–H groups in total. The Labute approximate surface area is 280 Å². The summed E-state index contributed by atoms with van der Waals surface area (Å²) >= 11 is 0. The van der Waals surface area contributed by atoms with E-state index in [1.54, 1.807) is 0 Å². The molecule has 0 spiro atoms. The van der Waals surface area contributed by atoms with E-state index in [9.17, 15) is 0 Å². The van der Waals surface area contributed by atoms with E-state index in [2.05, 4.69) is 83.4 Å². The van der Waals surface area contributed by atoms with Crippen LogP contribution in [0.25, 0.3) is 83.0 Å². The van der Waals surface area contributed by atoms with E-state index in [4.69, 9.17) is 11.8 Å². The molecule has 47 heavy (non-hydrogen) atoms. The van der Waals surface area contributed by atoms with Gasteiger partial charge in [-0.25, -0.2) is 4.98 Å². The lowest BCUT2D eigenvalue weighted by Crippen LogP contribution is -1.97. The zero-order valence-corrected chi connectivity index (χ0v) is 25.3. The summed E-state index contributed by atoms with van der Waals surface area (Å²) < 4.78 is 44.0. The first kappa shape index (κ1) is 22.3. The summed E-state index contributed by atoms with van der Waals surface area (Å²) in [6.45, 7) is 0. The lowest BCUT2D eigenvalue weighted by atomic mass is 9.85. The summed E-state index contributed by atoms with van der Waals surface area (Å²) in [4.78, 5) is 5.07. The van der Waals surface area contributed by atoms with Crippen molar-refractivity contribution < 1.29 is 6.85 Å². The number of fused-ring (bicyclic) bond motifs is 3. The van der Waals surface area contributed by atoms with Crippen molar-refractivity contribution in [3.8, 4) is 50.5 Å². The highest BCUT2D eigenvalue weighted by Crippen LogP contribution is 2.44. The van der Waals surface area contributed by atoms with Gasteiger partial charge < -0.3 is 0 Å². The third kappa shape index (κ3) is 4.62. The summed E-state index contributed by atoms with van der Waals surface area (Å²) in [5.74, 6) is 0.878. The van der Waals surface area contributed by atoms with Crippen molar-refractivity contribution in [3.63, 3.8) is 0 Å². The second kappa shape index (κ2) is 11.3. The zero-order chi connectivity index (χ0) is 35.5. The first-order valence-corrected chi connectivity index (χ1v) is 15.7. The fourth-order valence-electron chi connectivity index (χ4n) is 6.82. The number of benzene rings is 8. The molecule has 2 heteroatoms. The molecule has 0 aliphatic carbocycles. The molecule has 0 radical (unpaired) electrons. The molecule has 0 bridgehead atoms. The second-order valence-electron chi connectivity index (χ2n) is 11.6. The van der Waals surface area contributed by atoms with Crippen LogP contribution in [0.15, 0.2) is 182 Å². The maximum atomic E-state index is 8.61. The molecule has 1 aromatic heterocycles. The predicted molar refractivity (Wildman–Crippen MR) is 198 cm³/mol. The van der Waals surface area contributed by atoms with Gasteiger partial charge in [-0.2, -0.15) is 0 Å². The van der Waals surface area contributed by atoms with Gasteiger partial charge in [-0.15, -0.1) is 0 Å². The van der Waals surface area contributed by atoms with Gasteiger partial charge in [-0.3, -0.25) is 4.57 Å². The quantitative estimate of drug-likeness (QED) is 0.179. The molecule has 0 unspecified atom stereocenters. The van der Waals surface area contributed by atoms with E-state index in [1.807, 2.05) is 72.8 Å². The number of nitrogens with zero attached hydrogens (tertiary/aromatic N) is 2. The fraction of sp³-hybridized carbons (Fsp3) is 0. The Balaban J connectivity index is 1.22. The molecule has 220 valence electrons. The van der Waals surface area contributed by atoms with Crippen molar-refractivity contribution in [2.75, 3.05) is 0 Å². The van der Waals surface area contributed by atoms with Crippen molar-refractivity contribution >= 4 is 32.6 Å². The molecule has 9 aromatic rings. The van der Waals surface area contributed by atoms with Crippen molar-refractivity contribution in [1.82, 2.24) is 9.55 Å². The number of hydrogen-bond donors (Lipinski definition) is 0. The normalized spacial score (nSPS) is 12.9. The highest BCUT2D eigenvalue weighted by atomic mass is 15.1. The van der Waals surface area contributed by atoms with Crippen LogP contribution in [0.1, 0.15) is 6.85 Å². The highest BCUT2D eigenvalue weighted by molar-refractivity contribution is 6.21. The van der Waals surface area contributed by atoms with Crippen LogP contribution >= 0.6 is 0 Å². The first-order chi connectivity index (χ1) is 25.4. The summed E-state index contributed by atoms with van der Waals surface area (Å²) in [5.41, 5.74) is 8.96.